The Hall–Kier alpha value is -1.62. The van der Waals surface area contributed by atoms with E-state index in [1.807, 2.05) is 17.0 Å². The SMILES string of the molecule is COC(=O)CC=Cc1cnn([C@@H]2CCCCO2)c1. The fraction of sp³-hybridized carbons (Fsp3) is 0.538. The molecule has 0 bridgehead atoms. The van der Waals surface area contributed by atoms with Crippen molar-refractivity contribution >= 4 is 12.0 Å². The molecule has 0 aliphatic carbocycles. The molecule has 5 heteroatoms. The fourth-order valence-corrected chi connectivity index (χ4v) is 1.90. The summed E-state index contributed by atoms with van der Waals surface area (Å²) in [6.45, 7) is 0.804. The van der Waals surface area contributed by atoms with E-state index in [0.29, 0.717) is 0 Å². The summed E-state index contributed by atoms with van der Waals surface area (Å²) in [5.74, 6) is -0.241. The van der Waals surface area contributed by atoms with Gasteiger partial charge in [0.1, 0.15) is 6.23 Å². The monoisotopic (exact) mass is 250 g/mol. The lowest BCUT2D eigenvalue weighted by Gasteiger charge is -2.22. The molecule has 2 rings (SSSR count). The summed E-state index contributed by atoms with van der Waals surface area (Å²) in [7, 11) is 1.38. The van der Waals surface area contributed by atoms with Crippen molar-refractivity contribution in [2.24, 2.45) is 0 Å². The van der Waals surface area contributed by atoms with Gasteiger partial charge >= 0.3 is 5.97 Å². The van der Waals surface area contributed by atoms with E-state index < -0.39 is 0 Å². The van der Waals surface area contributed by atoms with E-state index >= 15 is 0 Å². The lowest BCUT2D eigenvalue weighted by molar-refractivity contribution is -0.139. The molecule has 0 amide bonds. The molecule has 1 fully saturated rings. The minimum Gasteiger partial charge on any atom is -0.469 e. The minimum atomic E-state index is -0.241. The first kappa shape index (κ1) is 12.8. The predicted molar refractivity (Wildman–Crippen MR) is 66.7 cm³/mol. The molecule has 1 saturated heterocycles. The molecule has 5 nitrogen and oxygen atoms in total. The molecular weight excluding hydrogens is 232 g/mol. The zero-order valence-corrected chi connectivity index (χ0v) is 10.5. The van der Waals surface area contributed by atoms with E-state index in [9.17, 15) is 4.79 Å². The molecule has 2 heterocycles. The first-order chi connectivity index (χ1) is 8.79. The largest absolute Gasteiger partial charge is 0.469 e. The molecule has 1 aliphatic heterocycles. The average molecular weight is 250 g/mol. The number of hydrogen-bond donors (Lipinski definition) is 0. The molecule has 0 radical (unpaired) electrons. The van der Waals surface area contributed by atoms with Crippen molar-refractivity contribution in [1.82, 2.24) is 9.78 Å². The summed E-state index contributed by atoms with van der Waals surface area (Å²) in [4.78, 5) is 10.9. The Balaban J connectivity index is 1.91. The van der Waals surface area contributed by atoms with E-state index in [1.54, 1.807) is 12.3 Å². The summed E-state index contributed by atoms with van der Waals surface area (Å²) < 4.78 is 12.0. The van der Waals surface area contributed by atoms with Gasteiger partial charge in [0.05, 0.1) is 19.7 Å². The Labute approximate surface area is 106 Å². The third kappa shape index (κ3) is 3.43. The third-order valence-electron chi connectivity index (χ3n) is 2.89. The van der Waals surface area contributed by atoms with Gasteiger partial charge in [0.2, 0.25) is 0 Å². The summed E-state index contributed by atoms with van der Waals surface area (Å²) >= 11 is 0. The van der Waals surface area contributed by atoms with Crippen molar-refractivity contribution in [3.8, 4) is 0 Å². The van der Waals surface area contributed by atoms with Crippen LogP contribution < -0.4 is 0 Å². The molecule has 0 N–H and O–H groups in total. The number of hydrogen-bond acceptors (Lipinski definition) is 4. The molecule has 1 aromatic rings. The molecule has 0 aromatic carbocycles. The van der Waals surface area contributed by atoms with Crippen LogP contribution in [0.4, 0.5) is 0 Å². The Morgan fingerprint density at radius 3 is 3.28 bits per heavy atom. The van der Waals surface area contributed by atoms with Crippen LogP contribution in [0.1, 0.15) is 37.5 Å². The number of rotatable bonds is 4. The maximum absolute atomic E-state index is 10.9. The van der Waals surface area contributed by atoms with Crippen LogP contribution in [0.2, 0.25) is 0 Å². The van der Waals surface area contributed by atoms with E-state index in [1.165, 1.54) is 13.5 Å². The minimum absolute atomic E-state index is 0.0570. The predicted octanol–water partition coefficient (Wildman–Crippen LogP) is 2.16. The topological polar surface area (TPSA) is 53.3 Å². The number of ether oxygens (including phenoxy) is 2. The smallest absolute Gasteiger partial charge is 0.309 e. The number of carbonyl (C=O) groups excluding carboxylic acids is 1. The van der Waals surface area contributed by atoms with Crippen molar-refractivity contribution in [3.63, 3.8) is 0 Å². The van der Waals surface area contributed by atoms with Crippen LogP contribution in [0, 0.1) is 0 Å². The van der Waals surface area contributed by atoms with Crippen molar-refractivity contribution < 1.29 is 14.3 Å². The van der Waals surface area contributed by atoms with Gasteiger partial charge in [-0.05, 0) is 19.3 Å². The van der Waals surface area contributed by atoms with E-state index in [2.05, 4.69) is 9.84 Å². The highest BCUT2D eigenvalue weighted by Crippen LogP contribution is 2.22. The highest BCUT2D eigenvalue weighted by atomic mass is 16.5. The summed E-state index contributed by atoms with van der Waals surface area (Å²) in [6, 6.07) is 0. The second kappa shape index (κ2) is 6.35. The number of carbonyl (C=O) groups is 1. The number of esters is 1. The molecule has 1 atom stereocenters. The van der Waals surface area contributed by atoms with Crippen LogP contribution in [0.25, 0.3) is 6.08 Å². The summed E-state index contributed by atoms with van der Waals surface area (Å²) in [6.07, 6.45) is 11.0. The molecule has 1 aliphatic rings. The maximum atomic E-state index is 10.9. The molecule has 0 unspecified atom stereocenters. The lowest BCUT2D eigenvalue weighted by Crippen LogP contribution is -2.18. The Kier molecular flexibility index (Phi) is 4.52. The van der Waals surface area contributed by atoms with E-state index in [-0.39, 0.29) is 18.6 Å². The van der Waals surface area contributed by atoms with Gasteiger partial charge < -0.3 is 9.47 Å². The fourth-order valence-electron chi connectivity index (χ4n) is 1.90. The van der Waals surface area contributed by atoms with Crippen LogP contribution in [-0.2, 0) is 14.3 Å². The highest BCUT2D eigenvalue weighted by molar-refractivity contribution is 5.72. The van der Waals surface area contributed by atoms with Gasteiger partial charge in [-0.25, -0.2) is 4.68 Å². The molecule has 18 heavy (non-hydrogen) atoms. The average Bonchev–Trinajstić information content (AvgIpc) is 2.88. The van der Waals surface area contributed by atoms with Crippen molar-refractivity contribution in [1.29, 1.82) is 0 Å². The second-order valence-electron chi connectivity index (χ2n) is 4.26. The van der Waals surface area contributed by atoms with E-state index in [0.717, 1.165) is 25.0 Å². The Morgan fingerprint density at radius 1 is 1.67 bits per heavy atom. The van der Waals surface area contributed by atoms with Gasteiger partial charge in [-0.1, -0.05) is 12.2 Å². The quantitative estimate of drug-likeness (QED) is 0.768. The molecular formula is C13H18N2O3. The zero-order chi connectivity index (χ0) is 12.8. The lowest BCUT2D eigenvalue weighted by atomic mass is 10.2. The normalized spacial score (nSPS) is 20.2. The zero-order valence-electron chi connectivity index (χ0n) is 10.5. The molecule has 0 spiro atoms. The number of nitrogens with zero attached hydrogens (tertiary/aromatic N) is 2. The Morgan fingerprint density at radius 2 is 2.56 bits per heavy atom. The second-order valence-corrected chi connectivity index (χ2v) is 4.26. The van der Waals surface area contributed by atoms with Crippen LogP contribution in [0.5, 0.6) is 0 Å². The first-order valence-electron chi connectivity index (χ1n) is 6.18. The molecule has 98 valence electrons. The van der Waals surface area contributed by atoms with Crippen LogP contribution in [0.3, 0.4) is 0 Å². The highest BCUT2D eigenvalue weighted by Gasteiger charge is 2.15. The third-order valence-corrected chi connectivity index (χ3v) is 2.89. The van der Waals surface area contributed by atoms with E-state index in [4.69, 9.17) is 4.74 Å². The van der Waals surface area contributed by atoms with Crippen LogP contribution in [0.15, 0.2) is 18.5 Å². The van der Waals surface area contributed by atoms with Gasteiger partial charge in [-0.15, -0.1) is 0 Å². The van der Waals surface area contributed by atoms with Crippen molar-refractivity contribution in [2.75, 3.05) is 13.7 Å². The van der Waals surface area contributed by atoms with Crippen LogP contribution >= 0.6 is 0 Å². The first-order valence-corrected chi connectivity index (χ1v) is 6.18. The van der Waals surface area contributed by atoms with Gasteiger partial charge in [-0.3, -0.25) is 4.79 Å². The maximum Gasteiger partial charge on any atom is 0.309 e. The standard InChI is InChI=1S/C13H18N2O3/c1-17-13(16)7-4-5-11-9-14-15(10-11)12-6-2-3-8-18-12/h4-5,9-10,12H,2-3,6-8H2,1H3/t12-/m0/s1. The molecule has 0 saturated carbocycles. The van der Waals surface area contributed by atoms with Crippen molar-refractivity contribution in [3.05, 3.63) is 24.0 Å². The van der Waals surface area contributed by atoms with Gasteiger partial charge in [0, 0.05) is 18.4 Å². The number of aromatic nitrogens is 2. The van der Waals surface area contributed by atoms with Gasteiger partial charge in [0.15, 0.2) is 0 Å². The Bertz CT molecular complexity index is 420. The van der Waals surface area contributed by atoms with Gasteiger partial charge in [-0.2, -0.15) is 5.10 Å². The van der Waals surface area contributed by atoms with Crippen molar-refractivity contribution in [2.45, 2.75) is 31.9 Å². The van der Waals surface area contributed by atoms with Crippen LogP contribution in [-0.4, -0.2) is 29.5 Å². The van der Waals surface area contributed by atoms with Gasteiger partial charge in [0.25, 0.3) is 0 Å². The summed E-state index contributed by atoms with van der Waals surface area (Å²) in [5, 5.41) is 4.28. The summed E-state index contributed by atoms with van der Waals surface area (Å²) in [5.41, 5.74) is 0.966. The molecule has 1 aromatic heterocycles. The number of methoxy groups -OCH3 is 1.